The van der Waals surface area contributed by atoms with Crippen LogP contribution in [0.3, 0.4) is 0 Å². The predicted octanol–water partition coefficient (Wildman–Crippen LogP) is 4.77. The minimum atomic E-state index is -0.538. The van der Waals surface area contributed by atoms with E-state index in [0.29, 0.717) is 22.8 Å². The molecule has 0 unspecified atom stereocenters. The molecule has 3 aromatic rings. The number of amides is 1. The van der Waals surface area contributed by atoms with Crippen LogP contribution in [-0.2, 0) is 0 Å². The molecule has 2 aromatic carbocycles. The van der Waals surface area contributed by atoms with Gasteiger partial charge in [-0.05, 0) is 30.3 Å². The first-order chi connectivity index (χ1) is 12.5. The lowest BCUT2D eigenvalue weighted by molar-refractivity contribution is -0.384. The molecule has 1 aromatic heterocycles. The lowest BCUT2D eigenvalue weighted by Crippen LogP contribution is -2.11. The highest BCUT2D eigenvalue weighted by Gasteiger charge is 2.17. The van der Waals surface area contributed by atoms with Crippen molar-refractivity contribution in [3.63, 3.8) is 0 Å². The standard InChI is InChI=1S/C18H13ClN2O5/c1-25-16-5-3-2-4-14(16)20-18(22)17-9-8-15(26-17)12-7-6-11(21(23)24)10-13(12)19/h2-10H,1H3,(H,20,22). The van der Waals surface area contributed by atoms with E-state index >= 15 is 0 Å². The Morgan fingerprint density at radius 2 is 1.96 bits per heavy atom. The van der Waals surface area contributed by atoms with Crippen LogP contribution < -0.4 is 10.1 Å². The molecule has 1 heterocycles. The van der Waals surface area contributed by atoms with E-state index in [1.807, 2.05) is 0 Å². The lowest BCUT2D eigenvalue weighted by Gasteiger charge is -2.08. The molecule has 26 heavy (non-hydrogen) atoms. The number of nitrogens with zero attached hydrogens (tertiary/aromatic N) is 1. The quantitative estimate of drug-likeness (QED) is 0.514. The number of rotatable bonds is 5. The van der Waals surface area contributed by atoms with Gasteiger partial charge in [0, 0.05) is 17.7 Å². The number of nitro groups is 1. The van der Waals surface area contributed by atoms with Crippen LogP contribution in [0.15, 0.2) is 59.0 Å². The first kappa shape index (κ1) is 17.5. The Labute approximate surface area is 153 Å². The van der Waals surface area contributed by atoms with Gasteiger partial charge in [0.2, 0.25) is 0 Å². The van der Waals surface area contributed by atoms with Crippen molar-refractivity contribution in [2.45, 2.75) is 0 Å². The second-order valence-corrected chi connectivity index (χ2v) is 5.65. The van der Waals surface area contributed by atoms with E-state index in [2.05, 4.69) is 5.32 Å². The molecule has 1 amide bonds. The molecule has 1 N–H and O–H groups in total. The number of ether oxygens (including phenoxy) is 1. The van der Waals surface area contributed by atoms with Crippen LogP contribution >= 0.6 is 11.6 Å². The van der Waals surface area contributed by atoms with Gasteiger partial charge >= 0.3 is 0 Å². The van der Waals surface area contributed by atoms with E-state index in [1.54, 1.807) is 30.3 Å². The first-order valence-electron chi connectivity index (χ1n) is 7.48. The van der Waals surface area contributed by atoms with Crippen LogP contribution in [0.1, 0.15) is 10.6 Å². The second kappa shape index (κ2) is 7.28. The fourth-order valence-electron chi connectivity index (χ4n) is 2.35. The van der Waals surface area contributed by atoms with Gasteiger partial charge in [-0.25, -0.2) is 0 Å². The summed E-state index contributed by atoms with van der Waals surface area (Å²) in [6, 6.07) is 14.1. The third kappa shape index (κ3) is 3.52. The minimum absolute atomic E-state index is 0.0697. The highest BCUT2D eigenvalue weighted by molar-refractivity contribution is 6.33. The highest BCUT2D eigenvalue weighted by atomic mass is 35.5. The molecule has 8 heteroatoms. The molecule has 0 aliphatic rings. The number of carbonyl (C=O) groups excluding carboxylic acids is 1. The number of benzene rings is 2. The summed E-state index contributed by atoms with van der Waals surface area (Å²) in [5, 5.41) is 13.6. The van der Waals surface area contributed by atoms with Crippen LogP contribution in [0.5, 0.6) is 5.75 Å². The molecule has 132 valence electrons. The molecule has 0 radical (unpaired) electrons. The first-order valence-corrected chi connectivity index (χ1v) is 7.86. The van der Waals surface area contributed by atoms with E-state index in [4.69, 9.17) is 20.8 Å². The smallest absolute Gasteiger partial charge is 0.291 e. The van der Waals surface area contributed by atoms with Crippen molar-refractivity contribution in [1.82, 2.24) is 0 Å². The van der Waals surface area contributed by atoms with Crippen molar-refractivity contribution in [3.8, 4) is 17.1 Å². The van der Waals surface area contributed by atoms with E-state index in [9.17, 15) is 14.9 Å². The molecular formula is C18H13ClN2O5. The zero-order valence-corrected chi connectivity index (χ0v) is 14.3. The molecule has 0 atom stereocenters. The average molecular weight is 373 g/mol. The Balaban J connectivity index is 1.83. The predicted molar refractivity (Wildman–Crippen MR) is 96.8 cm³/mol. The summed E-state index contributed by atoms with van der Waals surface area (Å²) in [7, 11) is 1.51. The van der Waals surface area contributed by atoms with Gasteiger partial charge in [0.25, 0.3) is 11.6 Å². The van der Waals surface area contributed by atoms with E-state index in [1.165, 1.54) is 31.4 Å². The van der Waals surface area contributed by atoms with Crippen molar-refractivity contribution in [3.05, 3.63) is 75.5 Å². The van der Waals surface area contributed by atoms with Crippen molar-refractivity contribution >= 4 is 28.9 Å². The molecule has 0 spiro atoms. The molecule has 0 saturated carbocycles. The molecule has 0 aliphatic heterocycles. The van der Waals surface area contributed by atoms with Gasteiger partial charge < -0.3 is 14.5 Å². The number of nitro benzene ring substituents is 1. The molecular weight excluding hydrogens is 360 g/mol. The number of hydrogen-bond acceptors (Lipinski definition) is 5. The summed E-state index contributed by atoms with van der Waals surface area (Å²) < 4.78 is 10.7. The van der Waals surface area contributed by atoms with Crippen molar-refractivity contribution in [2.75, 3.05) is 12.4 Å². The topological polar surface area (TPSA) is 94.6 Å². The summed E-state index contributed by atoms with van der Waals surface area (Å²) in [5.74, 6) is 0.459. The monoisotopic (exact) mass is 372 g/mol. The van der Waals surface area contributed by atoms with Crippen LogP contribution in [0, 0.1) is 10.1 Å². The summed E-state index contributed by atoms with van der Waals surface area (Å²) in [4.78, 5) is 22.6. The number of halogens is 1. The van der Waals surface area contributed by atoms with E-state index < -0.39 is 10.8 Å². The van der Waals surface area contributed by atoms with Crippen molar-refractivity contribution in [2.24, 2.45) is 0 Å². The minimum Gasteiger partial charge on any atom is -0.495 e. The Bertz CT molecular complexity index is 983. The maximum absolute atomic E-state index is 12.4. The molecule has 0 aliphatic carbocycles. The van der Waals surface area contributed by atoms with Crippen molar-refractivity contribution < 1.29 is 18.9 Å². The van der Waals surface area contributed by atoms with Gasteiger partial charge in [-0.2, -0.15) is 0 Å². The number of carbonyl (C=O) groups is 1. The number of anilines is 1. The fourth-order valence-corrected chi connectivity index (χ4v) is 2.62. The molecule has 7 nitrogen and oxygen atoms in total. The number of methoxy groups -OCH3 is 1. The summed E-state index contributed by atoms with van der Waals surface area (Å²) in [6.07, 6.45) is 0. The zero-order valence-electron chi connectivity index (χ0n) is 13.6. The Kier molecular flexibility index (Phi) is 4.90. The average Bonchev–Trinajstić information content (AvgIpc) is 3.12. The van der Waals surface area contributed by atoms with Gasteiger partial charge in [0.05, 0.1) is 22.7 Å². The maximum Gasteiger partial charge on any atom is 0.291 e. The number of nitrogens with one attached hydrogen (secondary N) is 1. The number of non-ortho nitro benzene ring substituents is 1. The lowest BCUT2D eigenvalue weighted by atomic mass is 10.1. The normalized spacial score (nSPS) is 10.4. The third-order valence-electron chi connectivity index (χ3n) is 3.61. The van der Waals surface area contributed by atoms with E-state index in [0.717, 1.165) is 0 Å². The molecule has 0 saturated heterocycles. The van der Waals surface area contributed by atoms with Crippen LogP contribution in [0.25, 0.3) is 11.3 Å². The van der Waals surface area contributed by atoms with Gasteiger partial charge in [-0.1, -0.05) is 23.7 Å². The third-order valence-corrected chi connectivity index (χ3v) is 3.93. The van der Waals surface area contributed by atoms with Crippen LogP contribution in [0.4, 0.5) is 11.4 Å². The van der Waals surface area contributed by atoms with Crippen LogP contribution in [-0.4, -0.2) is 17.9 Å². The SMILES string of the molecule is COc1ccccc1NC(=O)c1ccc(-c2ccc([N+](=O)[O-])cc2Cl)o1. The number of furan rings is 1. The largest absolute Gasteiger partial charge is 0.495 e. The zero-order chi connectivity index (χ0) is 18.7. The Hall–Kier alpha value is -3.32. The maximum atomic E-state index is 12.4. The summed E-state index contributed by atoms with van der Waals surface area (Å²) >= 11 is 6.08. The van der Waals surface area contributed by atoms with Gasteiger partial charge in [-0.3, -0.25) is 14.9 Å². The fraction of sp³-hybridized carbons (Fsp3) is 0.0556. The highest BCUT2D eigenvalue weighted by Crippen LogP contribution is 2.32. The van der Waals surface area contributed by atoms with Gasteiger partial charge in [0.1, 0.15) is 11.5 Å². The number of para-hydroxylation sites is 2. The van der Waals surface area contributed by atoms with E-state index in [-0.39, 0.29) is 16.5 Å². The van der Waals surface area contributed by atoms with Gasteiger partial charge in [0.15, 0.2) is 5.76 Å². The Morgan fingerprint density at radius 3 is 2.65 bits per heavy atom. The molecule has 0 fully saturated rings. The summed E-state index contributed by atoms with van der Waals surface area (Å²) in [5.41, 5.74) is 0.833. The number of hydrogen-bond donors (Lipinski definition) is 1. The van der Waals surface area contributed by atoms with Crippen molar-refractivity contribution in [1.29, 1.82) is 0 Å². The van der Waals surface area contributed by atoms with Crippen LogP contribution in [0.2, 0.25) is 5.02 Å². The second-order valence-electron chi connectivity index (χ2n) is 5.24. The molecule has 3 rings (SSSR count). The Morgan fingerprint density at radius 1 is 1.19 bits per heavy atom. The summed E-state index contributed by atoms with van der Waals surface area (Å²) in [6.45, 7) is 0. The molecule has 0 bridgehead atoms. The van der Waals surface area contributed by atoms with Gasteiger partial charge in [-0.15, -0.1) is 0 Å².